The molecule has 1 aromatic carbocycles. The zero-order valence-electron chi connectivity index (χ0n) is 18.1. The molecule has 5 rings (SSSR count). The first kappa shape index (κ1) is 22.2. The van der Waals surface area contributed by atoms with E-state index in [4.69, 9.17) is 20.9 Å². The minimum atomic E-state index is -1.31. The first-order valence-corrected chi connectivity index (χ1v) is 10.7. The second kappa shape index (κ2) is 8.29. The maximum absolute atomic E-state index is 12.9. The number of nitrogen functional groups attached to an aromatic ring is 2. The second-order valence-electron chi connectivity index (χ2n) is 8.02. The highest BCUT2D eigenvalue weighted by Crippen LogP contribution is 2.36. The third-order valence-corrected chi connectivity index (χ3v) is 6.01. The van der Waals surface area contributed by atoms with Crippen LogP contribution in [0.2, 0.25) is 0 Å². The Hall–Kier alpha value is -3.65. The molecular weight excluding hydrogens is 446 g/mol. The molecule has 0 radical (unpaired) electrons. The first-order chi connectivity index (χ1) is 16.3. The molecule has 2 aliphatic heterocycles. The van der Waals surface area contributed by atoms with Gasteiger partial charge in [-0.15, -0.1) is 0 Å². The predicted octanol–water partition coefficient (Wildman–Crippen LogP) is -0.341. The third kappa shape index (κ3) is 3.28. The number of fused-ring (bicyclic) bond motifs is 2. The van der Waals surface area contributed by atoms with Gasteiger partial charge in [-0.05, 0) is 18.6 Å². The zero-order valence-corrected chi connectivity index (χ0v) is 18.1. The molecule has 1 fully saturated rings. The fraction of sp³-hybridized carbons (Fsp3) is 0.381. The number of aliphatic hydroxyl groups is 2. The van der Waals surface area contributed by atoms with E-state index in [0.29, 0.717) is 0 Å². The van der Waals surface area contributed by atoms with Gasteiger partial charge in [-0.25, -0.2) is 9.88 Å². The van der Waals surface area contributed by atoms with Crippen molar-refractivity contribution in [1.82, 2.24) is 24.4 Å². The quantitative estimate of drug-likeness (QED) is 0.345. The summed E-state index contributed by atoms with van der Waals surface area (Å²) in [5.74, 6) is -0.984. The normalized spacial score (nSPS) is 25.3. The lowest BCUT2D eigenvalue weighted by Crippen LogP contribution is -2.47. The van der Waals surface area contributed by atoms with Crippen LogP contribution in [0.3, 0.4) is 0 Å². The Bertz CT molecular complexity index is 1240. The number of ether oxygens (including phenoxy) is 2. The van der Waals surface area contributed by atoms with Crippen LogP contribution in [0.25, 0.3) is 11.2 Å². The number of anilines is 2. The van der Waals surface area contributed by atoms with E-state index < -0.39 is 49.2 Å². The molecule has 0 spiro atoms. The summed E-state index contributed by atoms with van der Waals surface area (Å²) in [6, 6.07) is 6.50. The summed E-state index contributed by atoms with van der Waals surface area (Å²) in [7, 11) is 0. The molecule has 1 unspecified atom stereocenters. The van der Waals surface area contributed by atoms with Crippen molar-refractivity contribution >= 4 is 34.7 Å². The van der Waals surface area contributed by atoms with Crippen LogP contribution >= 0.6 is 0 Å². The van der Waals surface area contributed by atoms with E-state index in [9.17, 15) is 19.8 Å². The molecule has 2 aromatic heterocycles. The fourth-order valence-electron chi connectivity index (χ4n) is 4.40. The smallest absolute Gasteiger partial charge is 0.263 e. The van der Waals surface area contributed by atoms with Crippen LogP contribution in [0.4, 0.5) is 11.8 Å². The fourth-order valence-corrected chi connectivity index (χ4v) is 4.40. The van der Waals surface area contributed by atoms with Crippen molar-refractivity contribution in [3.05, 3.63) is 41.7 Å². The number of aromatic nitrogens is 4. The highest BCUT2D eigenvalue weighted by Gasteiger charge is 2.49. The summed E-state index contributed by atoms with van der Waals surface area (Å²) < 4.78 is 13.3. The Balaban J connectivity index is 1.43. The molecule has 6 N–H and O–H groups in total. The van der Waals surface area contributed by atoms with Crippen molar-refractivity contribution in [3.8, 4) is 0 Å². The van der Waals surface area contributed by atoms with Crippen LogP contribution in [-0.2, 0) is 9.47 Å². The van der Waals surface area contributed by atoms with Crippen LogP contribution < -0.4 is 11.5 Å². The van der Waals surface area contributed by atoms with Crippen LogP contribution in [0.5, 0.6) is 0 Å². The van der Waals surface area contributed by atoms with Gasteiger partial charge in [-0.3, -0.25) is 14.2 Å². The standard InChI is InChI=1S/C21H23N7O6/c1-2-12(28-18(31)9-5-3-4-6-10(9)19(28)32)34-15-11(7-29)33-20(14(15)30)27-8-24-13-16(22)25-21(23)26-17(13)27/h3-6,8,11-12,14-15,20,29-30H,2,7H2,1H3,(H4,22,23,25,26)/t11-,12?,14-,15-,20-/m1/s1. The van der Waals surface area contributed by atoms with E-state index in [2.05, 4.69) is 15.0 Å². The van der Waals surface area contributed by atoms with Gasteiger partial charge in [0.1, 0.15) is 30.1 Å². The van der Waals surface area contributed by atoms with Gasteiger partial charge >= 0.3 is 0 Å². The maximum atomic E-state index is 12.9. The summed E-state index contributed by atoms with van der Waals surface area (Å²) in [6.07, 6.45) is -3.77. The molecular formula is C21H23N7O6. The van der Waals surface area contributed by atoms with Gasteiger partial charge in [-0.2, -0.15) is 9.97 Å². The van der Waals surface area contributed by atoms with Gasteiger partial charge in [0.25, 0.3) is 11.8 Å². The SMILES string of the molecule is CCC(O[C@H]1[C@@H](O)[C@H](n2cnc3c(N)nc(N)nc32)O[C@@H]1CO)N1C(=O)c2ccccc2C1=O. The summed E-state index contributed by atoms with van der Waals surface area (Å²) in [5.41, 5.74) is 12.6. The molecule has 13 heteroatoms. The summed E-state index contributed by atoms with van der Waals surface area (Å²) in [5, 5.41) is 21.0. The zero-order chi connectivity index (χ0) is 24.1. The Morgan fingerprint density at radius 2 is 1.85 bits per heavy atom. The molecule has 0 aliphatic carbocycles. The average molecular weight is 469 g/mol. The summed E-state index contributed by atoms with van der Waals surface area (Å²) in [6.45, 7) is 1.26. The third-order valence-electron chi connectivity index (χ3n) is 6.01. The number of imidazole rings is 1. The van der Waals surface area contributed by atoms with E-state index in [1.54, 1.807) is 31.2 Å². The number of nitrogens with two attached hydrogens (primary N) is 2. The van der Waals surface area contributed by atoms with E-state index in [1.807, 2.05) is 0 Å². The number of carbonyl (C=O) groups is 2. The molecule has 178 valence electrons. The number of hydrogen-bond donors (Lipinski definition) is 4. The summed E-state index contributed by atoms with van der Waals surface area (Å²) >= 11 is 0. The number of amides is 2. The molecule has 5 atom stereocenters. The molecule has 2 amide bonds. The maximum Gasteiger partial charge on any atom is 0.263 e. The highest BCUT2D eigenvalue weighted by molar-refractivity contribution is 6.21. The number of nitrogens with zero attached hydrogens (tertiary/aromatic N) is 5. The number of aliphatic hydroxyl groups excluding tert-OH is 2. The monoisotopic (exact) mass is 469 g/mol. The van der Waals surface area contributed by atoms with Gasteiger partial charge in [0.05, 0.1) is 24.1 Å². The van der Waals surface area contributed by atoms with E-state index in [1.165, 1.54) is 10.9 Å². The Morgan fingerprint density at radius 3 is 2.47 bits per heavy atom. The van der Waals surface area contributed by atoms with Crippen molar-refractivity contribution in [1.29, 1.82) is 0 Å². The number of hydrogen-bond acceptors (Lipinski definition) is 11. The Morgan fingerprint density at radius 1 is 1.18 bits per heavy atom. The lowest BCUT2D eigenvalue weighted by atomic mass is 10.1. The van der Waals surface area contributed by atoms with Crippen LogP contribution in [0.1, 0.15) is 40.3 Å². The largest absolute Gasteiger partial charge is 0.394 e. The van der Waals surface area contributed by atoms with Gasteiger partial charge in [0.2, 0.25) is 5.95 Å². The number of carbonyl (C=O) groups excluding carboxylic acids is 2. The predicted molar refractivity (Wildman–Crippen MR) is 117 cm³/mol. The molecule has 2 aliphatic rings. The topological polar surface area (TPSA) is 192 Å². The van der Waals surface area contributed by atoms with Crippen molar-refractivity contribution in [2.75, 3.05) is 18.1 Å². The molecule has 4 heterocycles. The van der Waals surface area contributed by atoms with Crippen LogP contribution in [0.15, 0.2) is 30.6 Å². The van der Waals surface area contributed by atoms with Crippen LogP contribution in [0, 0.1) is 0 Å². The van der Waals surface area contributed by atoms with Crippen LogP contribution in [-0.4, -0.2) is 77.6 Å². The summed E-state index contributed by atoms with van der Waals surface area (Å²) in [4.78, 5) is 39.0. The van der Waals surface area contributed by atoms with Gasteiger partial charge in [0.15, 0.2) is 17.7 Å². The highest BCUT2D eigenvalue weighted by atomic mass is 16.6. The average Bonchev–Trinajstić information content (AvgIpc) is 3.46. The van der Waals surface area contributed by atoms with Gasteiger partial charge < -0.3 is 31.2 Å². The van der Waals surface area contributed by atoms with Gasteiger partial charge in [-0.1, -0.05) is 19.1 Å². The van der Waals surface area contributed by atoms with E-state index in [0.717, 1.165) is 4.90 Å². The molecule has 34 heavy (non-hydrogen) atoms. The second-order valence-corrected chi connectivity index (χ2v) is 8.02. The Labute approximate surface area is 192 Å². The number of imide groups is 1. The molecule has 1 saturated heterocycles. The molecule has 3 aromatic rings. The molecule has 0 saturated carbocycles. The minimum absolute atomic E-state index is 0.0666. The van der Waals surface area contributed by atoms with E-state index in [-0.39, 0.29) is 40.5 Å². The Kier molecular flexibility index (Phi) is 5.40. The van der Waals surface area contributed by atoms with Crippen molar-refractivity contribution in [2.45, 2.75) is 44.1 Å². The molecule has 0 bridgehead atoms. The van der Waals surface area contributed by atoms with Gasteiger partial charge in [0, 0.05) is 0 Å². The lowest BCUT2D eigenvalue weighted by molar-refractivity contribution is -0.123. The number of rotatable bonds is 6. The van der Waals surface area contributed by atoms with E-state index >= 15 is 0 Å². The molecule has 13 nitrogen and oxygen atoms in total. The van der Waals surface area contributed by atoms with Crippen molar-refractivity contribution in [2.24, 2.45) is 0 Å². The van der Waals surface area contributed by atoms with Crippen molar-refractivity contribution in [3.63, 3.8) is 0 Å². The first-order valence-electron chi connectivity index (χ1n) is 10.7. The number of benzene rings is 1. The lowest BCUT2D eigenvalue weighted by Gasteiger charge is -2.30. The van der Waals surface area contributed by atoms with Crippen molar-refractivity contribution < 1.29 is 29.3 Å². The minimum Gasteiger partial charge on any atom is -0.394 e.